The summed E-state index contributed by atoms with van der Waals surface area (Å²) in [4.78, 5) is 0.679. The monoisotopic (exact) mass is 289 g/mol. The molecule has 2 aromatic heterocycles. The number of nitrogens with zero attached hydrogens (tertiary/aromatic N) is 4. The maximum Gasteiger partial charge on any atom is 0.236 e. The Balaban J connectivity index is 1.84. The molecular formula is C13H15N5OS. The third kappa shape index (κ3) is 2.20. The van der Waals surface area contributed by atoms with E-state index in [2.05, 4.69) is 35.2 Å². The van der Waals surface area contributed by atoms with Crippen LogP contribution in [0.2, 0.25) is 0 Å². The molecule has 0 aliphatic carbocycles. The second kappa shape index (κ2) is 4.75. The van der Waals surface area contributed by atoms with Crippen LogP contribution in [0.25, 0.3) is 4.96 Å². The Morgan fingerprint density at radius 1 is 1.15 bits per heavy atom. The highest BCUT2D eigenvalue weighted by Gasteiger charge is 2.11. The fourth-order valence-electron chi connectivity index (χ4n) is 1.99. The Morgan fingerprint density at radius 2 is 1.90 bits per heavy atom. The molecule has 0 saturated heterocycles. The number of fused-ring (bicyclic) bond motifs is 1. The maximum atomic E-state index is 5.83. The molecule has 3 aromatic rings. The van der Waals surface area contributed by atoms with Crippen LogP contribution in [0.15, 0.2) is 12.1 Å². The van der Waals surface area contributed by atoms with Gasteiger partial charge >= 0.3 is 0 Å². The minimum Gasteiger partial charge on any atom is -0.485 e. The lowest BCUT2D eigenvalue weighted by Gasteiger charge is -2.10. The van der Waals surface area contributed by atoms with Crippen LogP contribution in [0.5, 0.6) is 5.75 Å². The molecule has 0 spiro atoms. The molecule has 0 saturated carbocycles. The molecule has 1 aromatic carbocycles. The SMILES string of the molecule is Cc1cc(C)c(OCc2nnc3sc(N)nn23)cc1C. The number of aromatic nitrogens is 4. The molecule has 3 rings (SSSR count). The van der Waals surface area contributed by atoms with Crippen molar-refractivity contribution in [2.45, 2.75) is 27.4 Å². The summed E-state index contributed by atoms with van der Waals surface area (Å²) in [6.07, 6.45) is 0. The molecule has 2 heterocycles. The molecule has 0 atom stereocenters. The van der Waals surface area contributed by atoms with Crippen LogP contribution in [-0.2, 0) is 6.61 Å². The van der Waals surface area contributed by atoms with E-state index in [0.717, 1.165) is 11.3 Å². The van der Waals surface area contributed by atoms with Gasteiger partial charge in [-0.15, -0.1) is 15.3 Å². The van der Waals surface area contributed by atoms with Crippen molar-refractivity contribution in [3.8, 4) is 5.75 Å². The van der Waals surface area contributed by atoms with Gasteiger partial charge < -0.3 is 10.5 Å². The predicted molar refractivity (Wildman–Crippen MR) is 78.1 cm³/mol. The molecule has 0 aliphatic heterocycles. The van der Waals surface area contributed by atoms with Crippen molar-refractivity contribution in [3.05, 3.63) is 34.6 Å². The first-order valence-corrected chi connectivity index (χ1v) is 7.03. The highest BCUT2D eigenvalue weighted by atomic mass is 32.1. The highest BCUT2D eigenvalue weighted by Crippen LogP contribution is 2.23. The van der Waals surface area contributed by atoms with Gasteiger partial charge in [0.2, 0.25) is 10.1 Å². The normalized spacial score (nSPS) is 11.2. The number of ether oxygens (including phenoxy) is 1. The summed E-state index contributed by atoms with van der Waals surface area (Å²) in [6, 6.07) is 4.16. The first-order chi connectivity index (χ1) is 9.54. The Kier molecular flexibility index (Phi) is 3.06. The second-order valence-electron chi connectivity index (χ2n) is 4.74. The minimum absolute atomic E-state index is 0.313. The standard InChI is InChI=1S/C13H15N5OS/c1-7-4-9(3)10(5-8(7)2)19-6-11-15-16-13-18(11)17-12(14)20-13/h4-5H,6H2,1-3H3,(H2,14,17). The molecule has 20 heavy (non-hydrogen) atoms. The summed E-state index contributed by atoms with van der Waals surface area (Å²) in [5.41, 5.74) is 9.21. The zero-order chi connectivity index (χ0) is 14.3. The molecule has 7 heteroatoms. The van der Waals surface area contributed by atoms with E-state index in [9.17, 15) is 0 Å². The van der Waals surface area contributed by atoms with Gasteiger partial charge in [-0.05, 0) is 43.5 Å². The fourth-order valence-corrected chi connectivity index (χ4v) is 2.62. The van der Waals surface area contributed by atoms with Crippen LogP contribution in [0.4, 0.5) is 5.13 Å². The van der Waals surface area contributed by atoms with Gasteiger partial charge in [0.15, 0.2) is 5.82 Å². The van der Waals surface area contributed by atoms with Crippen molar-refractivity contribution in [2.75, 3.05) is 5.73 Å². The second-order valence-corrected chi connectivity index (χ2v) is 5.73. The Morgan fingerprint density at radius 3 is 2.70 bits per heavy atom. The van der Waals surface area contributed by atoms with Crippen molar-refractivity contribution < 1.29 is 4.74 Å². The van der Waals surface area contributed by atoms with E-state index in [-0.39, 0.29) is 0 Å². The van der Waals surface area contributed by atoms with Gasteiger partial charge in [-0.2, -0.15) is 4.52 Å². The first-order valence-electron chi connectivity index (χ1n) is 6.22. The number of nitrogens with two attached hydrogens (primary N) is 1. The molecule has 0 bridgehead atoms. The third-order valence-corrected chi connectivity index (χ3v) is 3.95. The van der Waals surface area contributed by atoms with E-state index in [0.29, 0.717) is 22.5 Å². The number of anilines is 1. The third-order valence-electron chi connectivity index (χ3n) is 3.22. The van der Waals surface area contributed by atoms with E-state index >= 15 is 0 Å². The van der Waals surface area contributed by atoms with Gasteiger partial charge in [0.25, 0.3) is 0 Å². The van der Waals surface area contributed by atoms with Crippen LogP contribution in [-0.4, -0.2) is 19.8 Å². The lowest BCUT2D eigenvalue weighted by Crippen LogP contribution is -2.04. The van der Waals surface area contributed by atoms with E-state index in [1.807, 2.05) is 13.0 Å². The van der Waals surface area contributed by atoms with Gasteiger partial charge in [-0.3, -0.25) is 0 Å². The summed E-state index contributed by atoms with van der Waals surface area (Å²) in [6.45, 7) is 6.50. The van der Waals surface area contributed by atoms with E-state index < -0.39 is 0 Å². The smallest absolute Gasteiger partial charge is 0.236 e. The molecule has 0 fully saturated rings. The number of hydrogen-bond donors (Lipinski definition) is 1. The number of benzene rings is 1. The van der Waals surface area contributed by atoms with Crippen LogP contribution in [0.3, 0.4) is 0 Å². The Hall–Kier alpha value is -2.15. The number of hydrogen-bond acceptors (Lipinski definition) is 6. The van der Waals surface area contributed by atoms with Crippen LogP contribution < -0.4 is 10.5 Å². The number of nitrogen functional groups attached to an aromatic ring is 1. The minimum atomic E-state index is 0.313. The van der Waals surface area contributed by atoms with Crippen molar-refractivity contribution in [2.24, 2.45) is 0 Å². The molecule has 0 amide bonds. The van der Waals surface area contributed by atoms with Crippen LogP contribution in [0, 0.1) is 20.8 Å². The van der Waals surface area contributed by atoms with Gasteiger partial charge in [0.05, 0.1) is 0 Å². The fraction of sp³-hybridized carbons (Fsp3) is 0.308. The maximum absolute atomic E-state index is 5.83. The van der Waals surface area contributed by atoms with Crippen LogP contribution >= 0.6 is 11.3 Å². The molecule has 2 N–H and O–H groups in total. The van der Waals surface area contributed by atoms with Crippen molar-refractivity contribution in [1.29, 1.82) is 0 Å². The highest BCUT2D eigenvalue weighted by molar-refractivity contribution is 7.20. The zero-order valence-corrected chi connectivity index (χ0v) is 12.4. The van der Waals surface area contributed by atoms with Gasteiger partial charge in [-0.1, -0.05) is 17.4 Å². The van der Waals surface area contributed by atoms with Gasteiger partial charge in [-0.25, -0.2) is 0 Å². The van der Waals surface area contributed by atoms with Crippen LogP contribution in [0.1, 0.15) is 22.5 Å². The molecular weight excluding hydrogens is 274 g/mol. The van der Waals surface area contributed by atoms with Gasteiger partial charge in [0.1, 0.15) is 12.4 Å². The average Bonchev–Trinajstić information content (AvgIpc) is 2.92. The Bertz CT molecular complexity index is 777. The topological polar surface area (TPSA) is 78.3 Å². The summed E-state index contributed by atoms with van der Waals surface area (Å²) in [5.74, 6) is 1.50. The molecule has 0 aliphatic rings. The van der Waals surface area contributed by atoms with E-state index in [4.69, 9.17) is 10.5 Å². The lowest BCUT2D eigenvalue weighted by atomic mass is 10.1. The summed E-state index contributed by atoms with van der Waals surface area (Å²) in [7, 11) is 0. The first kappa shape index (κ1) is 12.9. The quantitative estimate of drug-likeness (QED) is 0.800. The number of aryl methyl sites for hydroxylation is 3. The number of rotatable bonds is 3. The summed E-state index contributed by atoms with van der Waals surface area (Å²) in [5, 5.41) is 12.7. The van der Waals surface area contributed by atoms with Gasteiger partial charge in [0, 0.05) is 0 Å². The lowest BCUT2D eigenvalue weighted by molar-refractivity contribution is 0.290. The van der Waals surface area contributed by atoms with E-state index in [1.54, 1.807) is 4.52 Å². The largest absolute Gasteiger partial charge is 0.485 e. The Labute approximate surface area is 120 Å². The molecule has 6 nitrogen and oxygen atoms in total. The average molecular weight is 289 g/mol. The van der Waals surface area contributed by atoms with Crippen molar-refractivity contribution >= 4 is 21.4 Å². The molecule has 0 radical (unpaired) electrons. The molecule has 104 valence electrons. The van der Waals surface area contributed by atoms with E-state index in [1.165, 1.54) is 22.5 Å². The zero-order valence-electron chi connectivity index (χ0n) is 11.5. The summed E-state index contributed by atoms with van der Waals surface area (Å²) < 4.78 is 7.46. The van der Waals surface area contributed by atoms with Crippen molar-refractivity contribution in [1.82, 2.24) is 19.8 Å². The molecule has 0 unspecified atom stereocenters. The summed E-state index contributed by atoms with van der Waals surface area (Å²) >= 11 is 1.30. The van der Waals surface area contributed by atoms with Crippen molar-refractivity contribution in [3.63, 3.8) is 0 Å². The predicted octanol–water partition coefficient (Wildman–Crippen LogP) is 2.27.